The molecule has 0 bridgehead atoms. The highest BCUT2D eigenvalue weighted by Gasteiger charge is 2.33. The average molecular weight is 451 g/mol. The third kappa shape index (κ3) is 5.02. The molecule has 2 aromatic rings. The van der Waals surface area contributed by atoms with E-state index in [0.29, 0.717) is 25.7 Å². The normalized spacial score (nSPS) is 19.9. The minimum Gasteiger partial charge on any atom is -0.481 e. The molecule has 0 heterocycles. The predicted molar refractivity (Wildman–Crippen MR) is 124 cm³/mol. The van der Waals surface area contributed by atoms with E-state index in [-0.39, 0.29) is 36.9 Å². The predicted octanol–water partition coefficient (Wildman–Crippen LogP) is 3.92. The Hall–Kier alpha value is -3.35. The molecule has 0 aromatic heterocycles. The maximum Gasteiger partial charge on any atom is 0.407 e. The quantitative estimate of drug-likeness (QED) is 0.565. The molecule has 2 amide bonds. The number of aliphatic carboxylic acids is 1. The third-order valence-corrected chi connectivity index (χ3v) is 6.83. The molecule has 1 unspecified atom stereocenters. The topological polar surface area (TPSA) is 105 Å². The molecule has 0 radical (unpaired) electrons. The Labute approximate surface area is 193 Å². The molecule has 3 N–H and O–H groups in total. The van der Waals surface area contributed by atoms with Crippen LogP contribution in [0.1, 0.15) is 49.7 Å². The summed E-state index contributed by atoms with van der Waals surface area (Å²) >= 11 is 0. The lowest BCUT2D eigenvalue weighted by molar-refractivity contribution is -0.141. The van der Waals surface area contributed by atoms with Gasteiger partial charge in [-0.25, -0.2) is 4.79 Å². The molecule has 0 aliphatic heterocycles. The number of carbonyl (C=O) groups excluding carboxylic acids is 2. The van der Waals surface area contributed by atoms with E-state index in [1.165, 1.54) is 11.1 Å². The maximum atomic E-state index is 12.5. The lowest BCUT2D eigenvalue weighted by atomic mass is 9.98. The van der Waals surface area contributed by atoms with Gasteiger partial charge in [0.05, 0.1) is 5.92 Å². The number of fused-ring (bicyclic) bond motifs is 3. The number of benzene rings is 2. The fourth-order valence-corrected chi connectivity index (χ4v) is 4.93. The lowest BCUT2D eigenvalue weighted by Gasteiger charge is -2.17. The fraction of sp³-hybridized carbons (Fsp3) is 0.423. The van der Waals surface area contributed by atoms with Gasteiger partial charge < -0.3 is 20.5 Å². The summed E-state index contributed by atoms with van der Waals surface area (Å²) in [5.74, 6) is -1.85. The molecule has 3 atom stereocenters. The zero-order chi connectivity index (χ0) is 23.4. The van der Waals surface area contributed by atoms with Crippen molar-refractivity contribution in [2.45, 2.75) is 44.6 Å². The first-order valence-corrected chi connectivity index (χ1v) is 11.6. The highest BCUT2D eigenvalue weighted by molar-refractivity contribution is 5.80. The minimum atomic E-state index is -0.904. The van der Waals surface area contributed by atoms with Gasteiger partial charge in [-0.2, -0.15) is 0 Å². The molecule has 174 valence electrons. The second-order valence-corrected chi connectivity index (χ2v) is 8.87. The number of hydrogen-bond donors (Lipinski definition) is 3. The van der Waals surface area contributed by atoms with E-state index in [1.807, 2.05) is 24.3 Å². The molecule has 33 heavy (non-hydrogen) atoms. The van der Waals surface area contributed by atoms with Crippen LogP contribution in [0.25, 0.3) is 11.1 Å². The van der Waals surface area contributed by atoms with Crippen LogP contribution in [0.3, 0.4) is 0 Å². The first-order valence-electron chi connectivity index (χ1n) is 11.6. The smallest absolute Gasteiger partial charge is 0.407 e. The van der Waals surface area contributed by atoms with Crippen molar-refractivity contribution in [3.8, 4) is 11.1 Å². The van der Waals surface area contributed by atoms with E-state index in [9.17, 15) is 14.4 Å². The zero-order valence-electron chi connectivity index (χ0n) is 18.8. The number of alkyl carbamates (subject to hydrolysis) is 1. The molecule has 1 saturated carbocycles. The first kappa shape index (κ1) is 22.8. The van der Waals surface area contributed by atoms with Crippen molar-refractivity contribution in [2.24, 2.45) is 11.8 Å². The molecule has 2 aliphatic rings. The number of hydrogen-bond acceptors (Lipinski definition) is 4. The summed E-state index contributed by atoms with van der Waals surface area (Å²) in [4.78, 5) is 36.0. The Kier molecular flexibility index (Phi) is 6.96. The molecular weight excluding hydrogens is 420 g/mol. The monoisotopic (exact) mass is 450 g/mol. The van der Waals surface area contributed by atoms with Gasteiger partial charge in [-0.1, -0.05) is 55.5 Å². The Morgan fingerprint density at radius 2 is 1.67 bits per heavy atom. The molecule has 0 saturated heterocycles. The second kappa shape index (κ2) is 10.1. The largest absolute Gasteiger partial charge is 0.481 e. The van der Waals surface area contributed by atoms with Crippen molar-refractivity contribution < 1.29 is 24.2 Å². The van der Waals surface area contributed by atoms with Gasteiger partial charge in [-0.05, 0) is 47.9 Å². The number of rotatable bonds is 8. The van der Waals surface area contributed by atoms with Crippen LogP contribution in [0, 0.1) is 11.8 Å². The average Bonchev–Trinajstić information content (AvgIpc) is 3.40. The van der Waals surface area contributed by atoms with Crippen LogP contribution in [0.2, 0.25) is 0 Å². The zero-order valence-corrected chi connectivity index (χ0v) is 18.8. The number of ether oxygens (including phenoxy) is 1. The van der Waals surface area contributed by atoms with E-state index in [4.69, 9.17) is 9.84 Å². The van der Waals surface area contributed by atoms with Gasteiger partial charge in [0, 0.05) is 24.4 Å². The van der Waals surface area contributed by atoms with E-state index in [1.54, 1.807) is 6.92 Å². The maximum absolute atomic E-state index is 12.5. The molecular formula is C26H30N2O5. The molecule has 0 spiro atoms. The fourth-order valence-electron chi connectivity index (χ4n) is 4.93. The van der Waals surface area contributed by atoms with Crippen LogP contribution >= 0.6 is 0 Å². The van der Waals surface area contributed by atoms with Gasteiger partial charge in [0.2, 0.25) is 5.91 Å². The van der Waals surface area contributed by atoms with Crippen molar-refractivity contribution in [1.29, 1.82) is 0 Å². The summed E-state index contributed by atoms with van der Waals surface area (Å²) in [5, 5.41) is 14.8. The second-order valence-electron chi connectivity index (χ2n) is 8.87. The number of nitrogens with one attached hydrogen (secondary N) is 2. The first-order chi connectivity index (χ1) is 16.0. The number of carbonyl (C=O) groups is 3. The summed E-state index contributed by atoms with van der Waals surface area (Å²) in [6, 6.07) is 16.3. The lowest BCUT2D eigenvalue weighted by Crippen LogP contribution is -2.37. The van der Waals surface area contributed by atoms with Crippen LogP contribution in [0.15, 0.2) is 48.5 Å². The van der Waals surface area contributed by atoms with Crippen LogP contribution in [-0.2, 0) is 14.3 Å². The third-order valence-electron chi connectivity index (χ3n) is 6.83. The summed E-state index contributed by atoms with van der Waals surface area (Å²) in [7, 11) is 0. The van der Waals surface area contributed by atoms with E-state index >= 15 is 0 Å². The van der Waals surface area contributed by atoms with Crippen molar-refractivity contribution in [1.82, 2.24) is 10.6 Å². The molecule has 7 heteroatoms. The summed E-state index contributed by atoms with van der Waals surface area (Å²) in [6.45, 7) is 2.17. The molecule has 2 aliphatic carbocycles. The summed E-state index contributed by atoms with van der Waals surface area (Å²) < 4.78 is 5.60. The molecule has 1 fully saturated rings. The van der Waals surface area contributed by atoms with Gasteiger partial charge in [0.1, 0.15) is 6.61 Å². The standard InChI is InChI=1S/C26H30N2O5/c1-2-16(25(30)31)14-27-24(29)17-11-12-18(13-17)28-26(32)33-15-23-21-9-5-3-7-19(21)20-8-4-6-10-22(20)23/h3-10,16-18,23H,2,11-15H2,1H3,(H,27,29)(H,28,32)(H,30,31)/t16?,17-,18+/m0/s1. The van der Waals surface area contributed by atoms with E-state index in [0.717, 1.165) is 11.1 Å². The van der Waals surface area contributed by atoms with Gasteiger partial charge >= 0.3 is 12.1 Å². The van der Waals surface area contributed by atoms with E-state index < -0.39 is 18.0 Å². The highest BCUT2D eigenvalue weighted by Crippen LogP contribution is 2.44. The number of carboxylic acids is 1. The molecule has 7 nitrogen and oxygen atoms in total. The number of amides is 2. The Bertz CT molecular complexity index is 991. The molecule has 2 aromatic carbocycles. The van der Waals surface area contributed by atoms with Crippen molar-refractivity contribution in [2.75, 3.05) is 13.2 Å². The van der Waals surface area contributed by atoms with E-state index in [2.05, 4.69) is 34.9 Å². The van der Waals surface area contributed by atoms with Gasteiger partial charge in [-0.15, -0.1) is 0 Å². The van der Waals surface area contributed by atoms with Crippen molar-refractivity contribution >= 4 is 18.0 Å². The Morgan fingerprint density at radius 1 is 1.03 bits per heavy atom. The van der Waals surface area contributed by atoms with Gasteiger partial charge in [-0.3, -0.25) is 9.59 Å². The van der Waals surface area contributed by atoms with Crippen LogP contribution in [0.5, 0.6) is 0 Å². The van der Waals surface area contributed by atoms with Crippen LogP contribution in [-0.4, -0.2) is 42.3 Å². The van der Waals surface area contributed by atoms with Crippen molar-refractivity contribution in [3.05, 3.63) is 59.7 Å². The minimum absolute atomic E-state index is 0.00556. The Morgan fingerprint density at radius 3 is 2.27 bits per heavy atom. The summed E-state index contributed by atoms with van der Waals surface area (Å²) in [6.07, 6.45) is 1.87. The molecule has 4 rings (SSSR count). The van der Waals surface area contributed by atoms with Gasteiger partial charge in [0.25, 0.3) is 0 Å². The highest BCUT2D eigenvalue weighted by atomic mass is 16.5. The summed E-state index contributed by atoms with van der Waals surface area (Å²) in [5.41, 5.74) is 4.69. The van der Waals surface area contributed by atoms with Crippen molar-refractivity contribution in [3.63, 3.8) is 0 Å². The number of carboxylic acid groups (broad SMARTS) is 1. The Balaban J connectivity index is 1.27. The van der Waals surface area contributed by atoms with Crippen LogP contribution < -0.4 is 10.6 Å². The van der Waals surface area contributed by atoms with Crippen LogP contribution in [0.4, 0.5) is 4.79 Å². The SMILES string of the molecule is CCC(CNC(=O)[C@H]1CC[C@@H](NC(=O)OCC2c3ccccc3-c3ccccc32)C1)C(=O)O. The van der Waals surface area contributed by atoms with Gasteiger partial charge in [0.15, 0.2) is 0 Å².